The van der Waals surface area contributed by atoms with Gasteiger partial charge in [0.1, 0.15) is 0 Å². The van der Waals surface area contributed by atoms with Crippen LogP contribution in [-0.2, 0) is 14.8 Å². The number of allylic oxidation sites excluding steroid dienone is 1. The molecule has 74 valence electrons. The summed E-state index contributed by atoms with van der Waals surface area (Å²) in [6.07, 6.45) is 3.02. The molecule has 1 aliphatic heterocycles. The highest BCUT2D eigenvalue weighted by Gasteiger charge is 2.24. The van der Waals surface area contributed by atoms with Crippen LogP contribution in [0.4, 0.5) is 0 Å². The van der Waals surface area contributed by atoms with E-state index in [2.05, 4.69) is 0 Å². The fraction of sp³-hybridized carbons (Fsp3) is 0.625. The van der Waals surface area contributed by atoms with Gasteiger partial charge in [-0.15, -0.1) is 0 Å². The van der Waals surface area contributed by atoms with Crippen molar-refractivity contribution in [3.8, 4) is 0 Å². The van der Waals surface area contributed by atoms with Gasteiger partial charge in [-0.1, -0.05) is 6.08 Å². The predicted octanol–water partition coefficient (Wildman–Crippen LogP) is 0.515. The molecule has 1 heterocycles. The zero-order valence-electron chi connectivity index (χ0n) is 7.78. The molecule has 4 nitrogen and oxygen atoms in total. The van der Waals surface area contributed by atoms with Crippen molar-refractivity contribution in [1.82, 2.24) is 4.31 Å². The number of rotatable bonds is 0. The quantitative estimate of drug-likeness (QED) is 0.576. The topological polar surface area (TPSA) is 54.5 Å². The summed E-state index contributed by atoms with van der Waals surface area (Å²) in [7, 11) is -2.05. The summed E-state index contributed by atoms with van der Waals surface area (Å²) in [6.45, 7) is 1.64. The van der Waals surface area contributed by atoms with Crippen molar-refractivity contribution in [1.29, 1.82) is 0 Å². The molecule has 1 aliphatic rings. The van der Waals surface area contributed by atoms with Gasteiger partial charge in [-0.25, -0.2) is 12.7 Å². The fourth-order valence-corrected chi connectivity index (χ4v) is 2.39. The monoisotopic (exact) mass is 203 g/mol. The zero-order valence-corrected chi connectivity index (χ0v) is 8.60. The van der Waals surface area contributed by atoms with Crippen molar-refractivity contribution < 1.29 is 13.2 Å². The van der Waals surface area contributed by atoms with Crippen molar-refractivity contribution in [3.05, 3.63) is 11.6 Å². The van der Waals surface area contributed by atoms with Crippen LogP contribution in [0.5, 0.6) is 0 Å². The molecular weight excluding hydrogens is 190 g/mol. The molecule has 0 saturated carbocycles. The average molecular weight is 203 g/mol. The Labute approximate surface area is 78.3 Å². The highest BCUT2D eigenvalue weighted by Crippen LogP contribution is 2.12. The maximum absolute atomic E-state index is 11.4. The second-order valence-electron chi connectivity index (χ2n) is 3.12. The van der Waals surface area contributed by atoms with Gasteiger partial charge in [0.15, 0.2) is 0 Å². The number of sulfonamides is 1. The SMILES string of the molecule is C/C1=C/CCCS(=O)(=O)N(C)C1=O. The number of hydrogen-bond acceptors (Lipinski definition) is 3. The first kappa shape index (κ1) is 10.2. The molecule has 0 fully saturated rings. The summed E-state index contributed by atoms with van der Waals surface area (Å²) >= 11 is 0. The molecule has 0 unspecified atom stereocenters. The van der Waals surface area contributed by atoms with Gasteiger partial charge in [-0.05, 0) is 19.8 Å². The highest BCUT2D eigenvalue weighted by atomic mass is 32.2. The zero-order chi connectivity index (χ0) is 10.1. The minimum Gasteiger partial charge on any atom is -0.268 e. The lowest BCUT2D eigenvalue weighted by atomic mass is 10.2. The third kappa shape index (κ3) is 2.09. The molecule has 0 aromatic rings. The lowest BCUT2D eigenvalue weighted by molar-refractivity contribution is -0.121. The van der Waals surface area contributed by atoms with Crippen LogP contribution in [0.1, 0.15) is 19.8 Å². The van der Waals surface area contributed by atoms with Crippen molar-refractivity contribution in [2.24, 2.45) is 0 Å². The minimum absolute atomic E-state index is 0.0546. The number of amides is 1. The summed E-state index contributed by atoms with van der Waals surface area (Å²) < 4.78 is 23.6. The highest BCUT2D eigenvalue weighted by molar-refractivity contribution is 7.89. The van der Waals surface area contributed by atoms with Crippen molar-refractivity contribution in [3.63, 3.8) is 0 Å². The third-order valence-corrected chi connectivity index (χ3v) is 3.90. The van der Waals surface area contributed by atoms with Gasteiger partial charge in [0.05, 0.1) is 5.75 Å². The Morgan fingerprint density at radius 1 is 1.46 bits per heavy atom. The van der Waals surface area contributed by atoms with Crippen molar-refractivity contribution >= 4 is 15.9 Å². The van der Waals surface area contributed by atoms with Gasteiger partial charge in [-0.2, -0.15) is 0 Å². The number of carbonyl (C=O) groups is 1. The molecule has 0 aromatic heterocycles. The standard InChI is InChI=1S/C8H13NO3S/c1-7-5-3-4-6-13(11,12)9(2)8(7)10/h5H,3-4,6H2,1-2H3/b7-5-. The van der Waals surface area contributed by atoms with Crippen LogP contribution < -0.4 is 0 Å². The molecule has 1 rings (SSSR count). The Morgan fingerprint density at radius 3 is 2.69 bits per heavy atom. The summed E-state index contributed by atoms with van der Waals surface area (Å²) in [5.74, 6) is -0.362. The molecule has 0 N–H and O–H groups in total. The minimum atomic E-state index is -3.36. The average Bonchev–Trinajstić information content (AvgIpc) is 2.08. The van der Waals surface area contributed by atoms with Crippen LogP contribution >= 0.6 is 0 Å². The van der Waals surface area contributed by atoms with Gasteiger partial charge < -0.3 is 0 Å². The van der Waals surface area contributed by atoms with Crippen LogP contribution in [0.3, 0.4) is 0 Å². The molecule has 13 heavy (non-hydrogen) atoms. The smallest absolute Gasteiger partial charge is 0.262 e. The molecule has 0 saturated heterocycles. The van der Waals surface area contributed by atoms with Gasteiger partial charge in [-0.3, -0.25) is 4.79 Å². The van der Waals surface area contributed by atoms with E-state index in [4.69, 9.17) is 0 Å². The van der Waals surface area contributed by atoms with Crippen LogP contribution in [0.15, 0.2) is 11.6 Å². The van der Waals surface area contributed by atoms with Crippen LogP contribution in [-0.4, -0.2) is 31.4 Å². The largest absolute Gasteiger partial charge is 0.268 e. The number of hydrogen-bond donors (Lipinski definition) is 0. The second kappa shape index (κ2) is 3.49. The second-order valence-corrected chi connectivity index (χ2v) is 5.24. The summed E-state index contributed by atoms with van der Waals surface area (Å²) in [6, 6.07) is 0. The normalized spacial score (nSPS) is 27.4. The Hall–Kier alpha value is -0.840. The van der Waals surface area contributed by atoms with Gasteiger partial charge in [0, 0.05) is 12.6 Å². The molecule has 0 atom stereocenters. The van der Waals surface area contributed by atoms with Crippen molar-refractivity contribution in [2.45, 2.75) is 19.8 Å². The molecule has 1 amide bonds. The van der Waals surface area contributed by atoms with E-state index in [0.717, 1.165) is 4.31 Å². The Morgan fingerprint density at radius 2 is 2.08 bits per heavy atom. The fourth-order valence-electron chi connectivity index (χ4n) is 1.18. The Balaban J connectivity index is 3.06. The molecule has 0 bridgehead atoms. The van der Waals surface area contributed by atoms with E-state index in [1.165, 1.54) is 7.05 Å². The van der Waals surface area contributed by atoms with E-state index >= 15 is 0 Å². The van der Waals surface area contributed by atoms with Crippen LogP contribution in [0.25, 0.3) is 0 Å². The summed E-state index contributed by atoms with van der Waals surface area (Å²) in [5, 5.41) is 0. The van der Waals surface area contributed by atoms with E-state index < -0.39 is 15.9 Å². The molecule has 0 aliphatic carbocycles. The summed E-state index contributed by atoms with van der Waals surface area (Å²) in [5.41, 5.74) is 0.505. The molecule has 0 aromatic carbocycles. The lowest BCUT2D eigenvalue weighted by Crippen LogP contribution is -2.36. The third-order valence-electron chi connectivity index (χ3n) is 2.10. The van der Waals surface area contributed by atoms with E-state index in [1.54, 1.807) is 13.0 Å². The first-order chi connectivity index (χ1) is 5.95. The molecule has 5 heteroatoms. The predicted molar refractivity (Wildman–Crippen MR) is 49.5 cm³/mol. The van der Waals surface area contributed by atoms with E-state index in [1.807, 2.05) is 0 Å². The molecule has 0 spiro atoms. The maximum Gasteiger partial charge on any atom is 0.262 e. The van der Waals surface area contributed by atoms with E-state index in [-0.39, 0.29) is 5.75 Å². The Bertz CT molecular complexity index is 342. The first-order valence-corrected chi connectivity index (χ1v) is 5.74. The summed E-state index contributed by atoms with van der Waals surface area (Å²) in [4.78, 5) is 11.4. The van der Waals surface area contributed by atoms with Crippen LogP contribution in [0, 0.1) is 0 Å². The Kier molecular flexibility index (Phi) is 2.75. The van der Waals surface area contributed by atoms with E-state index in [0.29, 0.717) is 18.4 Å². The van der Waals surface area contributed by atoms with Crippen LogP contribution in [0.2, 0.25) is 0 Å². The first-order valence-electron chi connectivity index (χ1n) is 4.13. The number of nitrogens with zero attached hydrogens (tertiary/aromatic N) is 1. The van der Waals surface area contributed by atoms with Gasteiger partial charge in [0.25, 0.3) is 5.91 Å². The number of likely N-dealkylation sites (N-methyl/N-ethyl adjacent to an activating group) is 1. The lowest BCUT2D eigenvalue weighted by Gasteiger charge is -2.19. The molecular formula is C8H13NO3S. The van der Waals surface area contributed by atoms with Gasteiger partial charge in [0.2, 0.25) is 10.0 Å². The number of carbonyl (C=O) groups excluding carboxylic acids is 1. The van der Waals surface area contributed by atoms with Crippen molar-refractivity contribution in [2.75, 3.05) is 12.8 Å². The maximum atomic E-state index is 11.4. The van der Waals surface area contributed by atoms with Gasteiger partial charge >= 0.3 is 0 Å². The van der Waals surface area contributed by atoms with E-state index in [9.17, 15) is 13.2 Å². The molecule has 0 radical (unpaired) electrons.